The van der Waals surface area contributed by atoms with Gasteiger partial charge in [-0.05, 0) is 29.8 Å². The second-order valence-electron chi connectivity index (χ2n) is 3.47. The Kier molecular flexibility index (Phi) is 4.82. The van der Waals surface area contributed by atoms with Gasteiger partial charge in [0.05, 0.1) is 21.9 Å². The molecular weight excluding hydrogens is 282 g/mol. The molecule has 0 aromatic carbocycles. The standard InChI is InChI=1S/C9H15BrF2N4/c1-3-16-7(8(10)5(2)15-16)4-6(14-13)9(11)12/h6,9,14H,3-4,13H2,1-2H3. The first kappa shape index (κ1) is 13.5. The van der Waals surface area contributed by atoms with E-state index in [2.05, 4.69) is 26.5 Å². The van der Waals surface area contributed by atoms with E-state index in [9.17, 15) is 8.78 Å². The maximum Gasteiger partial charge on any atom is 0.255 e. The molecule has 1 aromatic rings. The molecule has 0 amide bonds. The third-order valence-electron chi connectivity index (χ3n) is 2.38. The fourth-order valence-corrected chi connectivity index (χ4v) is 1.94. The number of nitrogens with two attached hydrogens (primary N) is 1. The third-order valence-corrected chi connectivity index (χ3v) is 3.42. The third kappa shape index (κ3) is 2.78. The van der Waals surface area contributed by atoms with Crippen molar-refractivity contribution in [2.45, 2.75) is 39.3 Å². The van der Waals surface area contributed by atoms with E-state index in [1.165, 1.54) is 0 Å². The molecule has 4 nitrogen and oxygen atoms in total. The zero-order valence-electron chi connectivity index (χ0n) is 9.17. The minimum atomic E-state index is -2.50. The lowest BCUT2D eigenvalue weighted by molar-refractivity contribution is 0.0974. The summed E-state index contributed by atoms with van der Waals surface area (Å²) in [6.45, 7) is 4.38. The van der Waals surface area contributed by atoms with E-state index in [1.807, 2.05) is 13.8 Å². The van der Waals surface area contributed by atoms with Gasteiger partial charge in [0, 0.05) is 13.0 Å². The molecule has 0 aliphatic carbocycles. The van der Waals surface area contributed by atoms with Crippen LogP contribution in [0.25, 0.3) is 0 Å². The van der Waals surface area contributed by atoms with Gasteiger partial charge in [0.1, 0.15) is 0 Å². The fraction of sp³-hybridized carbons (Fsp3) is 0.667. The van der Waals surface area contributed by atoms with Crippen LogP contribution in [0.5, 0.6) is 0 Å². The largest absolute Gasteiger partial charge is 0.271 e. The number of aryl methyl sites for hydroxylation is 2. The van der Waals surface area contributed by atoms with Crippen LogP contribution in [-0.2, 0) is 13.0 Å². The van der Waals surface area contributed by atoms with Gasteiger partial charge < -0.3 is 0 Å². The summed E-state index contributed by atoms with van der Waals surface area (Å²) in [6.07, 6.45) is -2.36. The van der Waals surface area contributed by atoms with Gasteiger partial charge in [0.25, 0.3) is 6.43 Å². The predicted octanol–water partition coefficient (Wildman–Crippen LogP) is 1.61. The maximum absolute atomic E-state index is 12.6. The summed E-state index contributed by atoms with van der Waals surface area (Å²) < 4.78 is 27.6. The summed E-state index contributed by atoms with van der Waals surface area (Å²) in [5.74, 6) is 5.09. The highest BCUT2D eigenvalue weighted by Gasteiger charge is 2.23. The highest BCUT2D eigenvalue weighted by molar-refractivity contribution is 9.10. The lowest BCUT2D eigenvalue weighted by Gasteiger charge is -2.15. The highest BCUT2D eigenvalue weighted by atomic mass is 79.9. The van der Waals surface area contributed by atoms with Crippen LogP contribution in [0, 0.1) is 6.92 Å². The molecule has 0 saturated carbocycles. The minimum absolute atomic E-state index is 0.142. The molecule has 1 unspecified atom stereocenters. The number of alkyl halides is 2. The van der Waals surface area contributed by atoms with E-state index in [-0.39, 0.29) is 6.42 Å². The van der Waals surface area contributed by atoms with Gasteiger partial charge in [-0.1, -0.05) is 0 Å². The van der Waals surface area contributed by atoms with Gasteiger partial charge >= 0.3 is 0 Å². The molecule has 0 aliphatic heterocycles. The second-order valence-corrected chi connectivity index (χ2v) is 4.27. The van der Waals surface area contributed by atoms with E-state index in [1.54, 1.807) is 4.68 Å². The number of aromatic nitrogens is 2. The summed E-state index contributed by atoms with van der Waals surface area (Å²) in [6, 6.07) is -1.06. The SMILES string of the molecule is CCn1nc(C)c(Br)c1CC(NN)C(F)F. The molecular formula is C9H15BrF2N4. The van der Waals surface area contributed by atoms with E-state index in [0.29, 0.717) is 6.54 Å². The van der Waals surface area contributed by atoms with Crippen LogP contribution in [0.3, 0.4) is 0 Å². The van der Waals surface area contributed by atoms with Gasteiger partial charge in [0.2, 0.25) is 0 Å². The molecule has 0 bridgehead atoms. The average molecular weight is 297 g/mol. The lowest BCUT2D eigenvalue weighted by Crippen LogP contribution is -2.42. The first-order valence-corrected chi connectivity index (χ1v) is 5.76. The Balaban J connectivity index is 2.94. The monoisotopic (exact) mass is 296 g/mol. The van der Waals surface area contributed by atoms with Crippen molar-refractivity contribution in [1.82, 2.24) is 15.2 Å². The molecule has 0 fully saturated rings. The Morgan fingerprint density at radius 2 is 2.19 bits per heavy atom. The Morgan fingerprint density at radius 1 is 1.56 bits per heavy atom. The molecule has 1 heterocycles. The molecule has 92 valence electrons. The first-order chi connectivity index (χ1) is 7.51. The summed E-state index contributed by atoms with van der Waals surface area (Å²) in [7, 11) is 0. The number of hydrazine groups is 1. The summed E-state index contributed by atoms with van der Waals surface area (Å²) >= 11 is 3.35. The minimum Gasteiger partial charge on any atom is -0.271 e. The van der Waals surface area contributed by atoms with Crippen molar-refractivity contribution in [1.29, 1.82) is 0 Å². The Labute approximate surface area is 101 Å². The number of nitrogens with one attached hydrogen (secondary N) is 1. The Bertz CT molecular complexity index is 354. The molecule has 0 saturated heterocycles. The van der Waals surface area contributed by atoms with Gasteiger partial charge in [0.15, 0.2) is 0 Å². The number of halogens is 3. The average Bonchev–Trinajstić information content (AvgIpc) is 2.51. The van der Waals surface area contributed by atoms with Gasteiger partial charge in [-0.15, -0.1) is 0 Å². The van der Waals surface area contributed by atoms with Gasteiger partial charge in [-0.3, -0.25) is 16.0 Å². The van der Waals surface area contributed by atoms with E-state index in [0.717, 1.165) is 15.9 Å². The van der Waals surface area contributed by atoms with E-state index >= 15 is 0 Å². The second kappa shape index (κ2) is 5.70. The quantitative estimate of drug-likeness (QED) is 0.641. The lowest BCUT2D eigenvalue weighted by atomic mass is 10.1. The van der Waals surface area contributed by atoms with Crippen LogP contribution >= 0.6 is 15.9 Å². The van der Waals surface area contributed by atoms with Crippen molar-refractivity contribution >= 4 is 15.9 Å². The van der Waals surface area contributed by atoms with Crippen molar-refractivity contribution in [3.05, 3.63) is 15.9 Å². The van der Waals surface area contributed by atoms with Gasteiger partial charge in [-0.25, -0.2) is 8.78 Å². The van der Waals surface area contributed by atoms with Gasteiger partial charge in [-0.2, -0.15) is 5.10 Å². The van der Waals surface area contributed by atoms with Crippen LogP contribution in [0.2, 0.25) is 0 Å². The molecule has 0 spiro atoms. The van der Waals surface area contributed by atoms with Crippen LogP contribution < -0.4 is 11.3 Å². The maximum atomic E-state index is 12.6. The van der Waals surface area contributed by atoms with Crippen LogP contribution in [-0.4, -0.2) is 22.2 Å². The smallest absolute Gasteiger partial charge is 0.255 e. The predicted molar refractivity (Wildman–Crippen MR) is 61.2 cm³/mol. The van der Waals surface area contributed by atoms with Crippen molar-refractivity contribution in [3.8, 4) is 0 Å². The summed E-state index contributed by atoms with van der Waals surface area (Å²) in [4.78, 5) is 0. The van der Waals surface area contributed by atoms with Crippen molar-refractivity contribution in [2.24, 2.45) is 5.84 Å². The molecule has 1 rings (SSSR count). The van der Waals surface area contributed by atoms with E-state index in [4.69, 9.17) is 5.84 Å². The zero-order chi connectivity index (χ0) is 12.3. The molecule has 1 atom stereocenters. The number of hydrogen-bond acceptors (Lipinski definition) is 3. The molecule has 1 aromatic heterocycles. The molecule has 3 N–H and O–H groups in total. The van der Waals surface area contributed by atoms with Crippen LogP contribution in [0.4, 0.5) is 8.78 Å². The molecule has 7 heteroatoms. The molecule has 16 heavy (non-hydrogen) atoms. The zero-order valence-corrected chi connectivity index (χ0v) is 10.8. The fourth-order valence-electron chi connectivity index (χ4n) is 1.49. The first-order valence-electron chi connectivity index (χ1n) is 4.97. The topological polar surface area (TPSA) is 55.9 Å². The van der Waals surface area contributed by atoms with Crippen molar-refractivity contribution in [2.75, 3.05) is 0 Å². The molecule has 0 aliphatic rings. The van der Waals surface area contributed by atoms with Crippen molar-refractivity contribution < 1.29 is 8.78 Å². The Hall–Kier alpha value is -0.530. The van der Waals surface area contributed by atoms with Crippen LogP contribution in [0.1, 0.15) is 18.3 Å². The Morgan fingerprint density at radius 3 is 2.62 bits per heavy atom. The van der Waals surface area contributed by atoms with Crippen molar-refractivity contribution in [3.63, 3.8) is 0 Å². The number of hydrogen-bond donors (Lipinski definition) is 2. The number of nitrogens with zero attached hydrogens (tertiary/aromatic N) is 2. The normalized spacial score (nSPS) is 13.4. The number of rotatable bonds is 5. The van der Waals surface area contributed by atoms with Crippen LogP contribution in [0.15, 0.2) is 4.47 Å². The highest BCUT2D eigenvalue weighted by Crippen LogP contribution is 2.23. The van der Waals surface area contributed by atoms with E-state index < -0.39 is 12.5 Å². The summed E-state index contributed by atoms with van der Waals surface area (Å²) in [5, 5.41) is 4.23. The summed E-state index contributed by atoms with van der Waals surface area (Å²) in [5.41, 5.74) is 3.66. The molecule has 0 radical (unpaired) electrons.